The summed E-state index contributed by atoms with van der Waals surface area (Å²) >= 11 is 0. The largest absolute Gasteiger partial charge is 0.487 e. The van der Waals surface area contributed by atoms with Crippen LogP contribution in [-0.2, 0) is 13.2 Å². The van der Waals surface area contributed by atoms with Crippen LogP contribution in [0.25, 0.3) is 0 Å². The molecule has 1 aliphatic carbocycles. The van der Waals surface area contributed by atoms with Gasteiger partial charge in [0.05, 0.1) is 6.54 Å². The number of para-hydroxylation sites is 1. The van der Waals surface area contributed by atoms with Crippen molar-refractivity contribution in [2.24, 2.45) is 11.8 Å². The Morgan fingerprint density at radius 3 is 2.78 bits per heavy atom. The number of hydrogen-bond acceptors (Lipinski definition) is 3. The summed E-state index contributed by atoms with van der Waals surface area (Å²) in [5.41, 5.74) is 1.50. The SMILES string of the molecule is C[C@H]1C[C@@H]1CN1CCn2nc(COc3ccccc3)cc2C1=O. The summed E-state index contributed by atoms with van der Waals surface area (Å²) in [6.45, 7) is 5.06. The molecule has 1 amide bonds. The van der Waals surface area contributed by atoms with Gasteiger partial charge in [0.25, 0.3) is 5.91 Å². The molecule has 1 aromatic heterocycles. The van der Waals surface area contributed by atoms with Gasteiger partial charge in [0.1, 0.15) is 23.7 Å². The molecule has 5 nitrogen and oxygen atoms in total. The number of nitrogens with zero attached hydrogens (tertiary/aromatic N) is 3. The van der Waals surface area contributed by atoms with Crippen LogP contribution in [0.15, 0.2) is 36.4 Å². The molecule has 2 heterocycles. The van der Waals surface area contributed by atoms with Crippen molar-refractivity contribution < 1.29 is 9.53 Å². The Morgan fingerprint density at radius 2 is 2.04 bits per heavy atom. The van der Waals surface area contributed by atoms with Gasteiger partial charge in [-0.2, -0.15) is 5.10 Å². The molecule has 5 heteroatoms. The molecule has 0 bridgehead atoms. The third-order valence-corrected chi connectivity index (χ3v) is 4.78. The molecule has 0 spiro atoms. The molecule has 1 aliphatic heterocycles. The van der Waals surface area contributed by atoms with Crippen molar-refractivity contribution in [3.63, 3.8) is 0 Å². The van der Waals surface area contributed by atoms with E-state index in [1.165, 1.54) is 6.42 Å². The van der Waals surface area contributed by atoms with E-state index in [-0.39, 0.29) is 5.91 Å². The van der Waals surface area contributed by atoms with Crippen LogP contribution in [0.3, 0.4) is 0 Å². The second-order valence-electron chi connectivity index (χ2n) is 6.57. The van der Waals surface area contributed by atoms with Crippen LogP contribution in [0.2, 0.25) is 0 Å². The normalized spacial score (nSPS) is 22.8. The Kier molecular flexibility index (Phi) is 3.56. The Balaban J connectivity index is 1.43. The second-order valence-corrected chi connectivity index (χ2v) is 6.57. The Morgan fingerprint density at radius 1 is 1.26 bits per heavy atom. The molecule has 2 aliphatic rings. The lowest BCUT2D eigenvalue weighted by Crippen LogP contribution is -2.41. The van der Waals surface area contributed by atoms with E-state index in [1.807, 2.05) is 46.0 Å². The van der Waals surface area contributed by atoms with Crippen LogP contribution in [0, 0.1) is 11.8 Å². The predicted molar refractivity (Wildman–Crippen MR) is 86.2 cm³/mol. The minimum absolute atomic E-state index is 0.105. The van der Waals surface area contributed by atoms with E-state index in [0.29, 0.717) is 18.2 Å². The van der Waals surface area contributed by atoms with Crippen LogP contribution in [0.4, 0.5) is 0 Å². The Labute approximate surface area is 135 Å². The van der Waals surface area contributed by atoms with Crippen molar-refractivity contribution in [3.8, 4) is 5.75 Å². The van der Waals surface area contributed by atoms with Gasteiger partial charge >= 0.3 is 0 Å². The molecule has 1 fully saturated rings. The fourth-order valence-corrected chi connectivity index (χ4v) is 3.15. The van der Waals surface area contributed by atoms with Crippen molar-refractivity contribution in [1.29, 1.82) is 0 Å². The maximum Gasteiger partial charge on any atom is 0.272 e. The van der Waals surface area contributed by atoms with Crippen LogP contribution in [-0.4, -0.2) is 33.7 Å². The molecule has 0 radical (unpaired) electrons. The highest BCUT2D eigenvalue weighted by Gasteiger charge is 2.37. The minimum Gasteiger partial charge on any atom is -0.487 e. The van der Waals surface area contributed by atoms with Gasteiger partial charge < -0.3 is 9.64 Å². The van der Waals surface area contributed by atoms with Crippen molar-refractivity contribution in [2.75, 3.05) is 13.1 Å². The number of ether oxygens (including phenoxy) is 1. The fourth-order valence-electron chi connectivity index (χ4n) is 3.15. The molecular weight excluding hydrogens is 290 g/mol. The number of aromatic nitrogens is 2. The van der Waals surface area contributed by atoms with E-state index < -0.39 is 0 Å². The quantitative estimate of drug-likeness (QED) is 0.852. The summed E-state index contributed by atoms with van der Waals surface area (Å²) in [6, 6.07) is 11.5. The summed E-state index contributed by atoms with van der Waals surface area (Å²) in [6.07, 6.45) is 1.25. The van der Waals surface area contributed by atoms with Gasteiger partial charge in [0.2, 0.25) is 0 Å². The third kappa shape index (κ3) is 2.96. The van der Waals surface area contributed by atoms with Crippen LogP contribution in [0.1, 0.15) is 29.5 Å². The molecule has 4 rings (SSSR count). The standard InChI is InChI=1S/C18H21N3O2/c1-13-9-14(13)11-20-7-8-21-17(18(20)22)10-15(19-21)12-23-16-5-3-2-4-6-16/h2-6,10,13-14H,7-9,11-12H2,1H3/t13-,14+/m0/s1. The van der Waals surface area contributed by atoms with Gasteiger partial charge in [-0.05, 0) is 36.5 Å². The lowest BCUT2D eigenvalue weighted by Gasteiger charge is -2.27. The molecule has 120 valence electrons. The summed E-state index contributed by atoms with van der Waals surface area (Å²) < 4.78 is 7.54. The van der Waals surface area contributed by atoms with E-state index in [4.69, 9.17) is 4.74 Å². The highest BCUT2D eigenvalue weighted by molar-refractivity contribution is 5.93. The van der Waals surface area contributed by atoms with E-state index >= 15 is 0 Å². The molecule has 0 N–H and O–H groups in total. The number of benzene rings is 1. The Hall–Kier alpha value is -2.30. The average molecular weight is 311 g/mol. The highest BCUT2D eigenvalue weighted by atomic mass is 16.5. The van der Waals surface area contributed by atoms with Crippen molar-refractivity contribution in [1.82, 2.24) is 14.7 Å². The van der Waals surface area contributed by atoms with Crippen molar-refractivity contribution in [2.45, 2.75) is 26.5 Å². The zero-order chi connectivity index (χ0) is 15.8. The second kappa shape index (κ2) is 5.72. The number of amides is 1. The summed E-state index contributed by atoms with van der Waals surface area (Å²) in [7, 11) is 0. The topological polar surface area (TPSA) is 47.4 Å². The number of carbonyl (C=O) groups is 1. The molecule has 1 aromatic carbocycles. The first-order valence-electron chi connectivity index (χ1n) is 8.24. The molecule has 0 unspecified atom stereocenters. The molecule has 2 atom stereocenters. The van der Waals surface area contributed by atoms with E-state index in [2.05, 4.69) is 12.0 Å². The van der Waals surface area contributed by atoms with Gasteiger partial charge in [-0.3, -0.25) is 9.48 Å². The van der Waals surface area contributed by atoms with Gasteiger partial charge in [-0.15, -0.1) is 0 Å². The first-order valence-corrected chi connectivity index (χ1v) is 8.24. The number of fused-ring (bicyclic) bond motifs is 1. The maximum absolute atomic E-state index is 12.6. The summed E-state index contributed by atoms with van der Waals surface area (Å²) in [4.78, 5) is 14.6. The van der Waals surface area contributed by atoms with E-state index in [1.54, 1.807) is 0 Å². The first-order chi connectivity index (χ1) is 11.2. The molecule has 0 saturated heterocycles. The average Bonchev–Trinajstić information content (AvgIpc) is 3.09. The number of hydrogen-bond donors (Lipinski definition) is 0. The van der Waals surface area contributed by atoms with Gasteiger partial charge in [-0.1, -0.05) is 25.1 Å². The maximum atomic E-state index is 12.6. The lowest BCUT2D eigenvalue weighted by molar-refractivity contribution is 0.0686. The monoisotopic (exact) mass is 311 g/mol. The summed E-state index contributed by atoms with van der Waals surface area (Å²) in [5.74, 6) is 2.38. The van der Waals surface area contributed by atoms with E-state index in [9.17, 15) is 4.79 Å². The van der Waals surface area contributed by atoms with Crippen LogP contribution < -0.4 is 4.74 Å². The van der Waals surface area contributed by atoms with Gasteiger partial charge in [0, 0.05) is 13.1 Å². The smallest absolute Gasteiger partial charge is 0.272 e. The zero-order valence-electron chi connectivity index (χ0n) is 13.3. The van der Waals surface area contributed by atoms with Crippen LogP contribution >= 0.6 is 0 Å². The molecular formula is C18H21N3O2. The molecule has 1 saturated carbocycles. The number of carbonyl (C=O) groups excluding carboxylic acids is 1. The third-order valence-electron chi connectivity index (χ3n) is 4.78. The van der Waals surface area contributed by atoms with Gasteiger partial charge in [0.15, 0.2) is 0 Å². The summed E-state index contributed by atoms with van der Waals surface area (Å²) in [5, 5.41) is 4.50. The lowest BCUT2D eigenvalue weighted by atomic mass is 10.2. The molecule has 23 heavy (non-hydrogen) atoms. The number of rotatable bonds is 5. The van der Waals surface area contributed by atoms with Crippen molar-refractivity contribution >= 4 is 5.91 Å². The zero-order valence-corrected chi connectivity index (χ0v) is 13.3. The minimum atomic E-state index is 0.105. The first kappa shape index (κ1) is 14.3. The fraction of sp³-hybridized carbons (Fsp3) is 0.444. The van der Waals surface area contributed by atoms with Crippen LogP contribution in [0.5, 0.6) is 5.75 Å². The molecule has 2 aromatic rings. The highest BCUT2D eigenvalue weighted by Crippen LogP contribution is 2.38. The van der Waals surface area contributed by atoms with E-state index in [0.717, 1.165) is 37.0 Å². The predicted octanol–water partition coefficient (Wildman–Crippen LogP) is 2.57. The Bertz CT molecular complexity index is 710. The van der Waals surface area contributed by atoms with Gasteiger partial charge in [-0.25, -0.2) is 0 Å². The van der Waals surface area contributed by atoms with Crippen molar-refractivity contribution in [3.05, 3.63) is 47.8 Å².